The second kappa shape index (κ2) is 7.95. The first kappa shape index (κ1) is 15.7. The average Bonchev–Trinajstić information content (AvgIpc) is 2.70. The van der Waals surface area contributed by atoms with Gasteiger partial charge in [0.2, 0.25) is 0 Å². The Kier molecular flexibility index (Phi) is 6.25. The van der Waals surface area contributed by atoms with E-state index in [0.29, 0.717) is 0 Å². The summed E-state index contributed by atoms with van der Waals surface area (Å²) in [5, 5.41) is 0. The van der Waals surface area contributed by atoms with E-state index in [1.807, 2.05) is 29.2 Å². The molecule has 0 saturated carbocycles. The fourth-order valence-corrected chi connectivity index (χ4v) is 2.75. The molecule has 1 aliphatic rings. The van der Waals surface area contributed by atoms with Crippen molar-refractivity contribution in [3.63, 3.8) is 0 Å². The van der Waals surface area contributed by atoms with E-state index in [9.17, 15) is 4.79 Å². The Bertz CT molecular complexity index is 436. The monoisotopic (exact) mass is 388 g/mol. The van der Waals surface area contributed by atoms with Gasteiger partial charge in [0.25, 0.3) is 5.91 Å². The number of hydrogen-bond donors (Lipinski definition) is 0. The highest BCUT2D eigenvalue weighted by Crippen LogP contribution is 2.11. The van der Waals surface area contributed by atoms with Crippen LogP contribution in [-0.4, -0.2) is 62.1 Å². The van der Waals surface area contributed by atoms with E-state index >= 15 is 0 Å². The van der Waals surface area contributed by atoms with Gasteiger partial charge in [-0.15, -0.1) is 0 Å². The van der Waals surface area contributed by atoms with Gasteiger partial charge in [-0.1, -0.05) is 0 Å². The van der Waals surface area contributed by atoms with E-state index in [4.69, 9.17) is 4.74 Å². The summed E-state index contributed by atoms with van der Waals surface area (Å²) < 4.78 is 6.27. The molecular weight excluding hydrogens is 367 g/mol. The van der Waals surface area contributed by atoms with Crippen LogP contribution in [-0.2, 0) is 4.74 Å². The van der Waals surface area contributed by atoms with E-state index in [1.165, 1.54) is 0 Å². The van der Waals surface area contributed by atoms with Crippen LogP contribution in [0.2, 0.25) is 0 Å². The summed E-state index contributed by atoms with van der Waals surface area (Å²) in [5.74, 6) is 0.148. The summed E-state index contributed by atoms with van der Waals surface area (Å²) in [4.78, 5) is 16.8. The second-order valence-electron chi connectivity index (χ2n) is 4.99. The lowest BCUT2D eigenvalue weighted by molar-refractivity contribution is 0.0759. The molecule has 0 spiro atoms. The van der Waals surface area contributed by atoms with Crippen LogP contribution < -0.4 is 0 Å². The van der Waals surface area contributed by atoms with E-state index in [1.54, 1.807) is 7.11 Å². The molecule has 1 aromatic rings. The molecule has 20 heavy (non-hydrogen) atoms. The van der Waals surface area contributed by atoms with Gasteiger partial charge < -0.3 is 9.64 Å². The fraction of sp³-hybridized carbons (Fsp3) is 0.533. The Labute approximate surface area is 134 Å². The van der Waals surface area contributed by atoms with Crippen LogP contribution in [0.5, 0.6) is 0 Å². The minimum absolute atomic E-state index is 0.148. The second-order valence-corrected chi connectivity index (χ2v) is 6.23. The maximum atomic E-state index is 12.5. The minimum atomic E-state index is 0.148. The highest BCUT2D eigenvalue weighted by Gasteiger charge is 2.19. The van der Waals surface area contributed by atoms with Crippen molar-refractivity contribution in [2.75, 3.05) is 46.4 Å². The standard InChI is InChI=1S/C15H21IN2O2/c1-20-12-11-17-7-2-8-18(10-9-17)15(19)13-3-5-14(16)6-4-13/h3-6H,2,7-12H2,1H3. The van der Waals surface area contributed by atoms with E-state index < -0.39 is 0 Å². The highest BCUT2D eigenvalue weighted by atomic mass is 127. The number of methoxy groups -OCH3 is 1. The summed E-state index contributed by atoms with van der Waals surface area (Å²) in [7, 11) is 1.73. The Hall–Kier alpha value is -0.660. The molecule has 0 radical (unpaired) electrons. The molecule has 110 valence electrons. The molecule has 1 fully saturated rings. The zero-order valence-electron chi connectivity index (χ0n) is 11.8. The van der Waals surface area contributed by atoms with Crippen LogP contribution in [0.4, 0.5) is 0 Å². The third-order valence-electron chi connectivity index (χ3n) is 3.58. The number of hydrogen-bond acceptors (Lipinski definition) is 3. The lowest BCUT2D eigenvalue weighted by Crippen LogP contribution is -2.36. The van der Waals surface area contributed by atoms with Crippen LogP contribution in [0.25, 0.3) is 0 Å². The number of carbonyl (C=O) groups is 1. The van der Waals surface area contributed by atoms with E-state index in [-0.39, 0.29) is 5.91 Å². The predicted octanol–water partition coefficient (Wildman–Crippen LogP) is 2.09. The van der Waals surface area contributed by atoms with Crippen molar-refractivity contribution in [1.82, 2.24) is 9.80 Å². The molecule has 0 aromatic heterocycles. The molecular formula is C15H21IN2O2. The van der Waals surface area contributed by atoms with Gasteiger partial charge in [0.1, 0.15) is 0 Å². The molecule has 2 rings (SSSR count). The largest absolute Gasteiger partial charge is 0.383 e. The van der Waals surface area contributed by atoms with Crippen molar-refractivity contribution in [2.24, 2.45) is 0 Å². The highest BCUT2D eigenvalue weighted by molar-refractivity contribution is 14.1. The van der Waals surface area contributed by atoms with Crippen molar-refractivity contribution >= 4 is 28.5 Å². The van der Waals surface area contributed by atoms with Crippen molar-refractivity contribution in [2.45, 2.75) is 6.42 Å². The van der Waals surface area contributed by atoms with E-state index in [0.717, 1.165) is 54.9 Å². The maximum Gasteiger partial charge on any atom is 0.253 e. The summed E-state index contributed by atoms with van der Waals surface area (Å²) in [5.41, 5.74) is 0.788. The fourth-order valence-electron chi connectivity index (χ4n) is 2.39. The Morgan fingerprint density at radius 2 is 1.95 bits per heavy atom. The Balaban J connectivity index is 1.92. The number of rotatable bonds is 4. The molecule has 1 aromatic carbocycles. The molecule has 0 unspecified atom stereocenters. The number of ether oxygens (including phenoxy) is 1. The van der Waals surface area contributed by atoms with Crippen LogP contribution in [0.3, 0.4) is 0 Å². The smallest absolute Gasteiger partial charge is 0.253 e. The lowest BCUT2D eigenvalue weighted by atomic mass is 10.2. The third kappa shape index (κ3) is 4.43. The lowest BCUT2D eigenvalue weighted by Gasteiger charge is -2.22. The van der Waals surface area contributed by atoms with Crippen LogP contribution in [0.1, 0.15) is 16.8 Å². The number of amides is 1. The minimum Gasteiger partial charge on any atom is -0.383 e. The maximum absolute atomic E-state index is 12.5. The van der Waals surface area contributed by atoms with Gasteiger partial charge in [-0.05, 0) is 59.8 Å². The van der Waals surface area contributed by atoms with Gasteiger partial charge in [0.05, 0.1) is 6.61 Å². The van der Waals surface area contributed by atoms with Crippen LogP contribution >= 0.6 is 22.6 Å². The topological polar surface area (TPSA) is 32.8 Å². The molecule has 4 nitrogen and oxygen atoms in total. The molecule has 1 saturated heterocycles. The zero-order valence-corrected chi connectivity index (χ0v) is 14.0. The molecule has 1 heterocycles. The first-order valence-electron chi connectivity index (χ1n) is 6.97. The van der Waals surface area contributed by atoms with Crippen molar-refractivity contribution < 1.29 is 9.53 Å². The van der Waals surface area contributed by atoms with Crippen molar-refractivity contribution in [1.29, 1.82) is 0 Å². The van der Waals surface area contributed by atoms with Gasteiger partial charge in [-0.3, -0.25) is 9.69 Å². The zero-order chi connectivity index (χ0) is 14.4. The molecule has 0 aliphatic carbocycles. The summed E-state index contributed by atoms with van der Waals surface area (Å²) in [6, 6.07) is 7.79. The number of benzene rings is 1. The molecule has 1 aliphatic heterocycles. The van der Waals surface area contributed by atoms with E-state index in [2.05, 4.69) is 27.5 Å². The average molecular weight is 388 g/mol. The number of carbonyl (C=O) groups excluding carboxylic acids is 1. The van der Waals surface area contributed by atoms with Gasteiger partial charge >= 0.3 is 0 Å². The van der Waals surface area contributed by atoms with Crippen LogP contribution in [0.15, 0.2) is 24.3 Å². The van der Waals surface area contributed by atoms with Gasteiger partial charge in [0.15, 0.2) is 0 Å². The van der Waals surface area contributed by atoms with Gasteiger partial charge in [0, 0.05) is 42.4 Å². The molecule has 1 amide bonds. The van der Waals surface area contributed by atoms with Gasteiger partial charge in [-0.25, -0.2) is 0 Å². The molecule has 0 atom stereocenters. The number of halogens is 1. The predicted molar refractivity (Wildman–Crippen MR) is 88.0 cm³/mol. The summed E-state index contributed by atoms with van der Waals surface area (Å²) >= 11 is 2.25. The SMILES string of the molecule is COCCN1CCCN(C(=O)c2ccc(I)cc2)CC1. The van der Waals surface area contributed by atoms with Crippen molar-refractivity contribution in [3.8, 4) is 0 Å². The Morgan fingerprint density at radius 3 is 2.65 bits per heavy atom. The Morgan fingerprint density at radius 1 is 1.20 bits per heavy atom. The first-order valence-corrected chi connectivity index (χ1v) is 8.04. The quantitative estimate of drug-likeness (QED) is 0.741. The van der Waals surface area contributed by atoms with Crippen LogP contribution in [0, 0.1) is 3.57 Å². The molecule has 0 N–H and O–H groups in total. The summed E-state index contributed by atoms with van der Waals surface area (Å²) in [6.07, 6.45) is 1.03. The molecule has 5 heteroatoms. The molecule has 0 bridgehead atoms. The van der Waals surface area contributed by atoms with Gasteiger partial charge in [-0.2, -0.15) is 0 Å². The number of nitrogens with zero attached hydrogens (tertiary/aromatic N) is 2. The summed E-state index contributed by atoms with van der Waals surface area (Å²) in [6.45, 7) is 5.31. The normalized spacial score (nSPS) is 17.0. The van der Waals surface area contributed by atoms with Crippen molar-refractivity contribution in [3.05, 3.63) is 33.4 Å². The third-order valence-corrected chi connectivity index (χ3v) is 4.30. The first-order chi connectivity index (χ1) is 9.70.